The van der Waals surface area contributed by atoms with Gasteiger partial charge in [-0.3, -0.25) is 10.1 Å². The lowest BCUT2D eigenvalue weighted by Gasteiger charge is -2.19. The highest BCUT2D eigenvalue weighted by Gasteiger charge is 2.24. The summed E-state index contributed by atoms with van der Waals surface area (Å²) in [5.74, 6) is 0.580. The first-order valence-electron chi connectivity index (χ1n) is 6.44. The van der Waals surface area contributed by atoms with E-state index >= 15 is 0 Å². The lowest BCUT2D eigenvalue weighted by Crippen LogP contribution is -2.20. The number of nitro groups is 1. The van der Waals surface area contributed by atoms with Crippen molar-refractivity contribution in [1.29, 1.82) is 0 Å². The molecule has 0 bridgehead atoms. The molecule has 7 nitrogen and oxygen atoms in total. The van der Waals surface area contributed by atoms with Crippen LogP contribution in [0.2, 0.25) is 5.15 Å². The summed E-state index contributed by atoms with van der Waals surface area (Å²) >= 11 is 5.75. The molecule has 2 aromatic rings. The third-order valence-electron chi connectivity index (χ3n) is 3.10. The van der Waals surface area contributed by atoms with Crippen molar-refractivity contribution in [2.75, 3.05) is 19.1 Å². The van der Waals surface area contributed by atoms with Crippen LogP contribution >= 0.6 is 11.6 Å². The number of aromatic nitrogens is 2. The van der Waals surface area contributed by atoms with Crippen molar-refractivity contribution in [2.24, 2.45) is 0 Å². The molecule has 0 aliphatic carbocycles. The molecule has 0 spiro atoms. The second-order valence-electron chi connectivity index (χ2n) is 4.76. The Morgan fingerprint density at radius 3 is 2.73 bits per heavy atom. The summed E-state index contributed by atoms with van der Waals surface area (Å²) < 4.78 is 5.10. The molecule has 0 saturated carbocycles. The normalized spacial score (nSPS) is 10.4. The van der Waals surface area contributed by atoms with Crippen LogP contribution in [0.25, 0.3) is 0 Å². The van der Waals surface area contributed by atoms with Gasteiger partial charge in [0.1, 0.15) is 5.15 Å². The van der Waals surface area contributed by atoms with E-state index in [-0.39, 0.29) is 11.5 Å². The maximum absolute atomic E-state index is 11.3. The predicted molar refractivity (Wildman–Crippen MR) is 83.5 cm³/mol. The highest BCUT2D eigenvalue weighted by Crippen LogP contribution is 2.32. The van der Waals surface area contributed by atoms with Crippen LogP contribution in [0.5, 0.6) is 5.88 Å². The van der Waals surface area contributed by atoms with E-state index in [4.69, 9.17) is 16.3 Å². The number of pyridine rings is 2. The van der Waals surface area contributed by atoms with Gasteiger partial charge >= 0.3 is 5.69 Å². The number of ether oxygens (including phenoxy) is 1. The smallest absolute Gasteiger partial charge is 0.314 e. The molecule has 2 aromatic heterocycles. The highest BCUT2D eigenvalue weighted by molar-refractivity contribution is 6.29. The first kappa shape index (κ1) is 16.0. The molecule has 0 atom stereocenters. The first-order chi connectivity index (χ1) is 10.4. The second kappa shape index (κ2) is 6.57. The van der Waals surface area contributed by atoms with Gasteiger partial charge in [0.2, 0.25) is 11.7 Å². The fourth-order valence-corrected chi connectivity index (χ4v) is 2.18. The van der Waals surface area contributed by atoms with Gasteiger partial charge < -0.3 is 9.64 Å². The summed E-state index contributed by atoms with van der Waals surface area (Å²) in [6, 6.07) is 5.02. The van der Waals surface area contributed by atoms with Crippen LogP contribution in [0, 0.1) is 17.0 Å². The number of hydrogen-bond donors (Lipinski definition) is 0. The lowest BCUT2D eigenvalue weighted by molar-refractivity contribution is -0.384. The van der Waals surface area contributed by atoms with Crippen molar-refractivity contribution in [2.45, 2.75) is 13.5 Å². The third-order valence-corrected chi connectivity index (χ3v) is 3.33. The van der Waals surface area contributed by atoms with Crippen molar-refractivity contribution in [1.82, 2.24) is 9.97 Å². The minimum absolute atomic E-state index is 0.0368. The minimum atomic E-state index is -0.437. The van der Waals surface area contributed by atoms with Crippen LogP contribution in [0.3, 0.4) is 0 Å². The quantitative estimate of drug-likeness (QED) is 0.478. The van der Waals surface area contributed by atoms with Crippen molar-refractivity contribution < 1.29 is 9.66 Å². The van der Waals surface area contributed by atoms with E-state index in [9.17, 15) is 10.1 Å². The Morgan fingerprint density at radius 2 is 2.18 bits per heavy atom. The van der Waals surface area contributed by atoms with Crippen molar-refractivity contribution in [3.63, 3.8) is 0 Å². The minimum Gasteiger partial charge on any atom is -0.481 e. The molecule has 116 valence electrons. The fourth-order valence-electron chi connectivity index (χ4n) is 2.06. The van der Waals surface area contributed by atoms with Crippen LogP contribution in [0.1, 0.15) is 11.1 Å². The fraction of sp³-hybridized carbons (Fsp3) is 0.286. The van der Waals surface area contributed by atoms with Gasteiger partial charge in [-0.25, -0.2) is 4.98 Å². The number of halogens is 1. The molecule has 22 heavy (non-hydrogen) atoms. The third kappa shape index (κ3) is 3.43. The van der Waals surface area contributed by atoms with E-state index < -0.39 is 4.92 Å². The standard InChI is InChI=1S/C14H15ClN4O3/c1-9-6-12(22-3)17-14(13(9)19(20)21)18(2)8-10-4-5-11(15)16-7-10/h4-7H,8H2,1-3H3. The van der Waals surface area contributed by atoms with Crippen LogP contribution in [-0.2, 0) is 6.54 Å². The average molecular weight is 323 g/mol. The summed E-state index contributed by atoms with van der Waals surface area (Å²) in [4.78, 5) is 20.8. The van der Waals surface area contributed by atoms with Gasteiger partial charge in [0.25, 0.3) is 0 Å². The summed E-state index contributed by atoms with van der Waals surface area (Å²) in [5, 5.41) is 11.7. The van der Waals surface area contributed by atoms with Gasteiger partial charge in [0.05, 0.1) is 12.0 Å². The Kier molecular flexibility index (Phi) is 4.77. The molecule has 0 amide bonds. The predicted octanol–water partition coefficient (Wildman–Crippen LogP) is 2.99. The molecule has 0 radical (unpaired) electrons. The zero-order chi connectivity index (χ0) is 16.3. The average Bonchev–Trinajstić information content (AvgIpc) is 2.48. The Bertz CT molecular complexity index is 691. The molecule has 2 heterocycles. The van der Waals surface area contributed by atoms with E-state index in [1.165, 1.54) is 7.11 Å². The molecular weight excluding hydrogens is 308 g/mol. The van der Waals surface area contributed by atoms with Crippen LogP contribution in [-0.4, -0.2) is 29.0 Å². The molecule has 0 unspecified atom stereocenters. The van der Waals surface area contributed by atoms with Gasteiger partial charge in [-0.1, -0.05) is 17.7 Å². The largest absolute Gasteiger partial charge is 0.481 e. The summed E-state index contributed by atoms with van der Waals surface area (Å²) in [6.45, 7) is 2.06. The number of rotatable bonds is 5. The second-order valence-corrected chi connectivity index (χ2v) is 5.14. The van der Waals surface area contributed by atoms with Gasteiger partial charge in [0.15, 0.2) is 0 Å². The van der Waals surface area contributed by atoms with Crippen LogP contribution < -0.4 is 9.64 Å². The number of nitrogens with zero attached hydrogens (tertiary/aromatic N) is 4. The Hall–Kier alpha value is -2.41. The molecular formula is C14H15ClN4O3. The molecule has 0 N–H and O–H groups in total. The van der Waals surface area contributed by atoms with Gasteiger partial charge in [0, 0.05) is 31.4 Å². The topological polar surface area (TPSA) is 81.4 Å². The lowest BCUT2D eigenvalue weighted by atomic mass is 10.2. The van der Waals surface area contributed by atoms with Gasteiger partial charge in [-0.15, -0.1) is 0 Å². The maximum atomic E-state index is 11.3. The van der Waals surface area contributed by atoms with E-state index in [0.717, 1.165) is 5.56 Å². The Morgan fingerprint density at radius 1 is 1.45 bits per heavy atom. The molecule has 0 aliphatic rings. The zero-order valence-electron chi connectivity index (χ0n) is 12.4. The SMILES string of the molecule is COc1cc(C)c([N+](=O)[O-])c(N(C)Cc2ccc(Cl)nc2)n1. The number of hydrogen-bond acceptors (Lipinski definition) is 6. The molecule has 8 heteroatoms. The number of methoxy groups -OCH3 is 1. The monoisotopic (exact) mass is 322 g/mol. The molecule has 0 aliphatic heterocycles. The van der Waals surface area contributed by atoms with Crippen LogP contribution in [0.4, 0.5) is 11.5 Å². The first-order valence-corrected chi connectivity index (χ1v) is 6.81. The van der Waals surface area contributed by atoms with Crippen molar-refractivity contribution in [3.05, 3.63) is 50.8 Å². The van der Waals surface area contributed by atoms with Crippen molar-refractivity contribution in [3.8, 4) is 5.88 Å². The molecule has 2 rings (SSSR count). The van der Waals surface area contributed by atoms with Crippen molar-refractivity contribution >= 4 is 23.1 Å². The highest BCUT2D eigenvalue weighted by atomic mass is 35.5. The Balaban J connectivity index is 2.38. The summed E-state index contributed by atoms with van der Waals surface area (Å²) in [7, 11) is 3.20. The molecule has 0 fully saturated rings. The van der Waals surface area contributed by atoms with E-state index in [2.05, 4.69) is 9.97 Å². The molecule has 0 saturated heterocycles. The summed E-state index contributed by atoms with van der Waals surface area (Å²) in [5.41, 5.74) is 1.32. The number of anilines is 1. The van der Waals surface area contributed by atoms with E-state index in [1.807, 2.05) is 6.07 Å². The summed E-state index contributed by atoms with van der Waals surface area (Å²) in [6.07, 6.45) is 1.62. The van der Waals surface area contributed by atoms with Gasteiger partial charge in [-0.2, -0.15) is 4.98 Å². The number of aryl methyl sites for hydroxylation is 1. The Labute approximate surface area is 132 Å². The van der Waals surface area contributed by atoms with Crippen LogP contribution in [0.15, 0.2) is 24.4 Å². The van der Waals surface area contributed by atoms with Gasteiger partial charge in [-0.05, 0) is 18.6 Å². The van der Waals surface area contributed by atoms with E-state index in [1.54, 1.807) is 37.2 Å². The zero-order valence-corrected chi connectivity index (χ0v) is 13.2. The maximum Gasteiger partial charge on any atom is 0.314 e. The molecule has 0 aromatic carbocycles. The van der Waals surface area contributed by atoms with E-state index in [0.29, 0.717) is 23.1 Å².